The average molecular weight is 228 g/mol. The van der Waals surface area contributed by atoms with Gasteiger partial charge in [0.25, 0.3) is 5.91 Å². The van der Waals surface area contributed by atoms with Crippen LogP contribution in [0.2, 0.25) is 0 Å². The Hall–Kier alpha value is -1.01. The normalized spacial score (nSPS) is 10.7. The van der Waals surface area contributed by atoms with Gasteiger partial charge in [-0.15, -0.1) is 5.10 Å². The summed E-state index contributed by atoms with van der Waals surface area (Å²) < 4.78 is 3.80. The van der Waals surface area contributed by atoms with Crippen LogP contribution in [0, 0.1) is 0 Å². The van der Waals surface area contributed by atoms with Crippen LogP contribution >= 0.6 is 11.5 Å². The summed E-state index contributed by atoms with van der Waals surface area (Å²) in [6.45, 7) is 5.17. The number of rotatable bonds is 5. The predicted molar refractivity (Wildman–Crippen MR) is 60.0 cm³/mol. The van der Waals surface area contributed by atoms with Gasteiger partial charge in [-0.05, 0) is 30.4 Å². The SMILES string of the molecule is CC(C)c1nnsc1C(=O)NCCCN. The summed E-state index contributed by atoms with van der Waals surface area (Å²) in [6.07, 6.45) is 0.787. The van der Waals surface area contributed by atoms with Gasteiger partial charge in [0, 0.05) is 6.54 Å². The van der Waals surface area contributed by atoms with Gasteiger partial charge >= 0.3 is 0 Å². The van der Waals surface area contributed by atoms with E-state index >= 15 is 0 Å². The number of amides is 1. The topological polar surface area (TPSA) is 80.9 Å². The van der Waals surface area contributed by atoms with Crippen molar-refractivity contribution in [2.75, 3.05) is 13.1 Å². The highest BCUT2D eigenvalue weighted by Gasteiger charge is 2.17. The molecule has 6 heteroatoms. The number of carbonyl (C=O) groups excluding carboxylic acids is 1. The van der Waals surface area contributed by atoms with Crippen LogP contribution < -0.4 is 11.1 Å². The summed E-state index contributed by atoms with van der Waals surface area (Å²) in [6, 6.07) is 0. The summed E-state index contributed by atoms with van der Waals surface area (Å²) in [5.41, 5.74) is 6.11. The maximum atomic E-state index is 11.7. The number of nitrogens with one attached hydrogen (secondary N) is 1. The van der Waals surface area contributed by atoms with Crippen LogP contribution in [0.15, 0.2) is 0 Å². The molecule has 0 unspecified atom stereocenters. The first-order chi connectivity index (χ1) is 7.16. The molecule has 0 spiro atoms. The fourth-order valence-corrected chi connectivity index (χ4v) is 1.85. The summed E-state index contributed by atoms with van der Waals surface area (Å²) in [5.74, 6) is 0.126. The Morgan fingerprint density at radius 1 is 1.60 bits per heavy atom. The number of nitrogens with two attached hydrogens (primary N) is 1. The largest absolute Gasteiger partial charge is 0.351 e. The minimum absolute atomic E-state index is 0.0952. The van der Waals surface area contributed by atoms with E-state index in [9.17, 15) is 4.79 Å². The zero-order valence-corrected chi connectivity index (χ0v) is 9.80. The van der Waals surface area contributed by atoms with E-state index < -0.39 is 0 Å². The molecule has 1 aromatic rings. The van der Waals surface area contributed by atoms with E-state index in [2.05, 4.69) is 14.9 Å². The van der Waals surface area contributed by atoms with Crippen LogP contribution in [0.1, 0.15) is 41.6 Å². The lowest BCUT2D eigenvalue weighted by molar-refractivity contribution is 0.0956. The minimum atomic E-state index is -0.0952. The molecule has 0 aliphatic heterocycles. The first-order valence-corrected chi connectivity index (χ1v) is 5.74. The number of aromatic nitrogens is 2. The second kappa shape index (κ2) is 5.77. The van der Waals surface area contributed by atoms with Crippen LogP contribution in [0.3, 0.4) is 0 Å². The lowest BCUT2D eigenvalue weighted by atomic mass is 10.1. The Morgan fingerprint density at radius 3 is 2.93 bits per heavy atom. The van der Waals surface area contributed by atoms with Crippen LogP contribution in [-0.2, 0) is 0 Å². The molecular weight excluding hydrogens is 212 g/mol. The monoisotopic (exact) mass is 228 g/mol. The van der Waals surface area contributed by atoms with Gasteiger partial charge in [-0.2, -0.15) is 0 Å². The molecule has 5 nitrogen and oxygen atoms in total. The fraction of sp³-hybridized carbons (Fsp3) is 0.667. The summed E-state index contributed by atoms with van der Waals surface area (Å²) in [5, 5.41) is 6.74. The van der Waals surface area contributed by atoms with E-state index in [-0.39, 0.29) is 11.8 Å². The van der Waals surface area contributed by atoms with Crippen molar-refractivity contribution < 1.29 is 4.79 Å². The zero-order chi connectivity index (χ0) is 11.3. The number of hydrogen-bond acceptors (Lipinski definition) is 5. The molecule has 0 bridgehead atoms. The second-order valence-corrected chi connectivity index (χ2v) is 4.29. The van der Waals surface area contributed by atoms with Crippen molar-refractivity contribution in [2.24, 2.45) is 5.73 Å². The molecule has 0 aliphatic carbocycles. The van der Waals surface area contributed by atoms with E-state index in [1.54, 1.807) is 0 Å². The predicted octanol–water partition coefficient (Wildman–Crippen LogP) is 0.740. The molecule has 84 valence electrons. The van der Waals surface area contributed by atoms with Crippen molar-refractivity contribution in [3.63, 3.8) is 0 Å². The summed E-state index contributed by atoms with van der Waals surface area (Å²) in [7, 11) is 0. The molecule has 0 saturated carbocycles. The van der Waals surface area contributed by atoms with E-state index in [4.69, 9.17) is 5.73 Å². The van der Waals surface area contributed by atoms with Gasteiger partial charge in [0.1, 0.15) is 4.88 Å². The van der Waals surface area contributed by atoms with Gasteiger partial charge in [-0.1, -0.05) is 18.3 Å². The van der Waals surface area contributed by atoms with E-state index in [0.29, 0.717) is 18.0 Å². The van der Waals surface area contributed by atoms with Crippen molar-refractivity contribution in [1.82, 2.24) is 14.9 Å². The third-order valence-electron chi connectivity index (χ3n) is 1.93. The highest BCUT2D eigenvalue weighted by atomic mass is 32.1. The van der Waals surface area contributed by atoms with Gasteiger partial charge < -0.3 is 11.1 Å². The van der Waals surface area contributed by atoms with Gasteiger partial charge in [0.2, 0.25) is 0 Å². The van der Waals surface area contributed by atoms with Crippen molar-refractivity contribution in [1.29, 1.82) is 0 Å². The smallest absolute Gasteiger partial charge is 0.264 e. The van der Waals surface area contributed by atoms with Crippen LogP contribution in [0.5, 0.6) is 0 Å². The fourth-order valence-electron chi connectivity index (χ4n) is 1.12. The van der Waals surface area contributed by atoms with Crippen molar-refractivity contribution in [3.05, 3.63) is 10.6 Å². The molecule has 1 rings (SSSR count). The van der Waals surface area contributed by atoms with Gasteiger partial charge in [-0.25, -0.2) is 0 Å². The van der Waals surface area contributed by atoms with Crippen molar-refractivity contribution in [3.8, 4) is 0 Å². The molecule has 0 fully saturated rings. The Balaban J connectivity index is 2.61. The first-order valence-electron chi connectivity index (χ1n) is 4.97. The summed E-state index contributed by atoms with van der Waals surface area (Å²) in [4.78, 5) is 12.3. The van der Waals surface area contributed by atoms with Gasteiger partial charge in [0.15, 0.2) is 0 Å². The lowest BCUT2D eigenvalue weighted by Gasteiger charge is -2.04. The first kappa shape index (κ1) is 12.1. The molecule has 0 saturated heterocycles. The number of hydrogen-bond donors (Lipinski definition) is 2. The average Bonchev–Trinajstić information content (AvgIpc) is 2.66. The quantitative estimate of drug-likeness (QED) is 0.728. The third kappa shape index (κ3) is 3.24. The van der Waals surface area contributed by atoms with Crippen LogP contribution in [-0.4, -0.2) is 28.6 Å². The third-order valence-corrected chi connectivity index (χ3v) is 2.67. The molecule has 1 amide bonds. The molecule has 15 heavy (non-hydrogen) atoms. The van der Waals surface area contributed by atoms with E-state index in [1.807, 2.05) is 13.8 Å². The molecule has 0 aromatic carbocycles. The number of carbonyl (C=O) groups is 1. The van der Waals surface area contributed by atoms with E-state index in [0.717, 1.165) is 23.6 Å². The molecule has 0 atom stereocenters. The molecule has 1 aromatic heterocycles. The Kier molecular flexibility index (Phi) is 4.64. The zero-order valence-electron chi connectivity index (χ0n) is 8.99. The Bertz CT molecular complexity index is 324. The highest BCUT2D eigenvalue weighted by molar-refractivity contribution is 7.08. The minimum Gasteiger partial charge on any atom is -0.351 e. The molecule has 0 radical (unpaired) electrons. The molecule has 3 N–H and O–H groups in total. The standard InChI is InChI=1S/C9H16N4OS/c1-6(2)7-8(15-13-12-7)9(14)11-5-3-4-10/h6H,3-5,10H2,1-2H3,(H,11,14). The van der Waals surface area contributed by atoms with Gasteiger partial charge in [0.05, 0.1) is 5.69 Å². The maximum Gasteiger partial charge on any atom is 0.264 e. The highest BCUT2D eigenvalue weighted by Crippen LogP contribution is 2.19. The maximum absolute atomic E-state index is 11.7. The van der Waals surface area contributed by atoms with Crippen LogP contribution in [0.25, 0.3) is 0 Å². The van der Waals surface area contributed by atoms with Crippen molar-refractivity contribution >= 4 is 17.4 Å². The van der Waals surface area contributed by atoms with Crippen LogP contribution in [0.4, 0.5) is 0 Å². The second-order valence-electron chi connectivity index (χ2n) is 3.54. The van der Waals surface area contributed by atoms with Crippen molar-refractivity contribution in [2.45, 2.75) is 26.2 Å². The molecular formula is C9H16N4OS. The lowest BCUT2D eigenvalue weighted by Crippen LogP contribution is -2.26. The van der Waals surface area contributed by atoms with E-state index in [1.165, 1.54) is 0 Å². The molecule has 1 heterocycles. The Morgan fingerprint density at radius 2 is 2.33 bits per heavy atom. The summed E-state index contributed by atoms with van der Waals surface area (Å²) >= 11 is 1.14. The van der Waals surface area contributed by atoms with Gasteiger partial charge in [-0.3, -0.25) is 4.79 Å². The Labute approximate surface area is 93.2 Å². The number of nitrogens with zero attached hydrogens (tertiary/aromatic N) is 2. The molecule has 0 aliphatic rings.